The number of benzene rings is 3. The number of thiazole rings is 1. The number of hydrogen-bond donors (Lipinski definition) is 2. The van der Waals surface area contributed by atoms with E-state index in [1.807, 2.05) is 31.4 Å². The molecule has 1 heterocycles. The smallest absolute Gasteiger partial charge is 0.261 e. The quantitative estimate of drug-likeness (QED) is 0.370. The summed E-state index contributed by atoms with van der Waals surface area (Å²) in [6.45, 7) is 1.89. The van der Waals surface area contributed by atoms with E-state index in [1.165, 1.54) is 0 Å². The SMILES string of the molecule is CSc1nc2ccc(NC(=O)c3ccc(NS(=O)(=O)c4ccc(C)cc4)cc3)cc2s1. The normalized spacial score (nSPS) is 11.4. The standard InChI is InChI=1S/C22H19N3O3S3/c1-14-3-10-18(11-4-14)31(27,28)25-16-7-5-15(6-8-16)21(26)23-17-9-12-19-20(13-17)30-22(24-19)29-2/h3-13,25H,1-2H3,(H,23,26). The van der Waals surface area contributed by atoms with Crippen LogP contribution in [0.25, 0.3) is 10.2 Å². The number of sulfonamides is 1. The number of rotatable bonds is 6. The largest absolute Gasteiger partial charge is 0.322 e. The molecule has 0 aliphatic rings. The van der Waals surface area contributed by atoms with Gasteiger partial charge in [0.2, 0.25) is 0 Å². The van der Waals surface area contributed by atoms with E-state index in [0.29, 0.717) is 16.9 Å². The van der Waals surface area contributed by atoms with Gasteiger partial charge in [0.25, 0.3) is 15.9 Å². The number of aryl methyl sites for hydroxylation is 1. The summed E-state index contributed by atoms with van der Waals surface area (Å²) >= 11 is 3.16. The summed E-state index contributed by atoms with van der Waals surface area (Å²) in [5, 5.41) is 2.87. The summed E-state index contributed by atoms with van der Waals surface area (Å²) in [4.78, 5) is 17.3. The summed E-state index contributed by atoms with van der Waals surface area (Å²) in [5.74, 6) is -0.276. The molecule has 0 bridgehead atoms. The zero-order valence-corrected chi connectivity index (χ0v) is 19.2. The molecular weight excluding hydrogens is 450 g/mol. The lowest BCUT2D eigenvalue weighted by Gasteiger charge is -2.09. The molecule has 0 unspecified atom stereocenters. The van der Waals surface area contributed by atoms with Crippen LogP contribution in [-0.4, -0.2) is 25.6 Å². The van der Waals surface area contributed by atoms with Gasteiger partial charge in [-0.3, -0.25) is 9.52 Å². The molecule has 1 amide bonds. The van der Waals surface area contributed by atoms with Gasteiger partial charge in [0, 0.05) is 16.9 Å². The lowest BCUT2D eigenvalue weighted by Crippen LogP contribution is -2.14. The average Bonchev–Trinajstić information content (AvgIpc) is 3.17. The van der Waals surface area contributed by atoms with Crippen molar-refractivity contribution >= 4 is 60.6 Å². The molecular formula is C22H19N3O3S3. The molecule has 2 N–H and O–H groups in total. The van der Waals surface area contributed by atoms with Crippen LogP contribution in [0.4, 0.5) is 11.4 Å². The van der Waals surface area contributed by atoms with Crippen LogP contribution in [-0.2, 0) is 10.0 Å². The fraction of sp³-hybridized carbons (Fsp3) is 0.0909. The Labute approximate surface area is 188 Å². The maximum Gasteiger partial charge on any atom is 0.261 e. The minimum Gasteiger partial charge on any atom is -0.322 e. The molecule has 1 aromatic heterocycles. The second-order valence-corrected chi connectivity index (χ2v) is 10.6. The summed E-state index contributed by atoms with van der Waals surface area (Å²) < 4.78 is 29.5. The number of thioether (sulfide) groups is 1. The maximum absolute atomic E-state index is 12.6. The topological polar surface area (TPSA) is 88.2 Å². The van der Waals surface area contributed by atoms with Gasteiger partial charge in [0.1, 0.15) is 0 Å². The number of fused-ring (bicyclic) bond motifs is 1. The van der Waals surface area contributed by atoms with Gasteiger partial charge in [0.15, 0.2) is 4.34 Å². The first-order valence-electron chi connectivity index (χ1n) is 9.29. The monoisotopic (exact) mass is 469 g/mol. The summed E-state index contributed by atoms with van der Waals surface area (Å²) in [6, 6.07) is 18.5. The van der Waals surface area contributed by atoms with Crippen LogP contribution in [0.2, 0.25) is 0 Å². The zero-order chi connectivity index (χ0) is 22.0. The lowest BCUT2D eigenvalue weighted by atomic mass is 10.2. The molecule has 0 aliphatic heterocycles. The van der Waals surface area contributed by atoms with Gasteiger partial charge in [-0.05, 0) is 67.8 Å². The molecule has 0 saturated heterocycles. The van der Waals surface area contributed by atoms with Gasteiger partial charge in [-0.15, -0.1) is 11.3 Å². The van der Waals surface area contributed by atoms with Crippen molar-refractivity contribution in [2.24, 2.45) is 0 Å². The molecule has 0 atom stereocenters. The van der Waals surface area contributed by atoms with Crippen molar-refractivity contribution in [1.29, 1.82) is 0 Å². The van der Waals surface area contributed by atoms with Gasteiger partial charge >= 0.3 is 0 Å². The van der Waals surface area contributed by atoms with Gasteiger partial charge in [0.05, 0.1) is 15.1 Å². The predicted molar refractivity (Wildman–Crippen MR) is 128 cm³/mol. The van der Waals surface area contributed by atoms with E-state index in [4.69, 9.17) is 0 Å². The number of amides is 1. The third kappa shape index (κ3) is 4.90. The van der Waals surface area contributed by atoms with E-state index >= 15 is 0 Å². The van der Waals surface area contributed by atoms with Gasteiger partial charge in [-0.1, -0.05) is 29.5 Å². The van der Waals surface area contributed by atoms with Crippen LogP contribution in [0.3, 0.4) is 0 Å². The average molecular weight is 470 g/mol. The molecule has 4 aromatic rings. The second kappa shape index (κ2) is 8.70. The first-order chi connectivity index (χ1) is 14.8. The van der Waals surface area contributed by atoms with Crippen molar-refractivity contribution in [2.45, 2.75) is 16.2 Å². The van der Waals surface area contributed by atoms with Crippen molar-refractivity contribution in [3.63, 3.8) is 0 Å². The number of aromatic nitrogens is 1. The minimum atomic E-state index is -3.69. The van der Waals surface area contributed by atoms with Crippen LogP contribution in [0.1, 0.15) is 15.9 Å². The van der Waals surface area contributed by atoms with Crippen LogP contribution in [0, 0.1) is 6.92 Å². The maximum atomic E-state index is 12.6. The first kappa shape index (κ1) is 21.4. The number of nitrogens with one attached hydrogen (secondary N) is 2. The number of nitrogens with zero attached hydrogens (tertiary/aromatic N) is 1. The Kier molecular flexibility index (Phi) is 5.99. The second-order valence-electron chi connectivity index (χ2n) is 6.82. The van der Waals surface area contributed by atoms with Crippen LogP contribution in [0.15, 0.2) is 76.0 Å². The van der Waals surface area contributed by atoms with E-state index < -0.39 is 10.0 Å². The number of hydrogen-bond acceptors (Lipinski definition) is 6. The van der Waals surface area contributed by atoms with Crippen LogP contribution >= 0.6 is 23.1 Å². The van der Waals surface area contributed by atoms with Crippen molar-refractivity contribution in [3.8, 4) is 0 Å². The molecule has 0 aliphatic carbocycles. The Bertz CT molecular complexity index is 1350. The molecule has 3 aromatic carbocycles. The number of carbonyl (C=O) groups is 1. The summed E-state index contributed by atoms with van der Waals surface area (Å²) in [6.07, 6.45) is 1.98. The molecule has 31 heavy (non-hydrogen) atoms. The predicted octanol–water partition coefficient (Wildman–Crippen LogP) is 5.38. The third-order valence-corrected chi connectivity index (χ3v) is 7.93. The highest BCUT2D eigenvalue weighted by atomic mass is 32.2. The minimum absolute atomic E-state index is 0.183. The van der Waals surface area contributed by atoms with Gasteiger partial charge in [-0.2, -0.15) is 0 Å². The number of anilines is 2. The fourth-order valence-corrected chi connectivity index (χ4v) is 5.48. The van der Waals surface area contributed by atoms with E-state index in [0.717, 1.165) is 20.1 Å². The molecule has 0 spiro atoms. The Hall–Kier alpha value is -2.88. The Morgan fingerprint density at radius 1 is 0.968 bits per heavy atom. The molecule has 9 heteroatoms. The van der Waals surface area contributed by atoms with E-state index in [2.05, 4.69) is 15.0 Å². The Balaban J connectivity index is 1.46. The molecule has 6 nitrogen and oxygen atoms in total. The highest BCUT2D eigenvalue weighted by Gasteiger charge is 2.14. The first-order valence-corrected chi connectivity index (χ1v) is 12.8. The van der Waals surface area contributed by atoms with Crippen molar-refractivity contribution < 1.29 is 13.2 Å². The number of carbonyl (C=O) groups excluding carboxylic acids is 1. The highest BCUT2D eigenvalue weighted by molar-refractivity contribution is 8.00. The zero-order valence-electron chi connectivity index (χ0n) is 16.7. The van der Waals surface area contributed by atoms with Gasteiger partial charge in [-0.25, -0.2) is 13.4 Å². The molecule has 4 rings (SSSR count). The van der Waals surface area contributed by atoms with Crippen molar-refractivity contribution in [2.75, 3.05) is 16.3 Å². The third-order valence-electron chi connectivity index (χ3n) is 4.53. The molecule has 0 saturated carbocycles. The highest BCUT2D eigenvalue weighted by Crippen LogP contribution is 2.30. The van der Waals surface area contributed by atoms with Crippen LogP contribution in [0.5, 0.6) is 0 Å². The van der Waals surface area contributed by atoms with Crippen LogP contribution < -0.4 is 10.0 Å². The van der Waals surface area contributed by atoms with Crippen molar-refractivity contribution in [1.82, 2.24) is 4.98 Å². The Morgan fingerprint density at radius 2 is 1.65 bits per heavy atom. The molecule has 0 radical (unpaired) electrons. The lowest BCUT2D eigenvalue weighted by molar-refractivity contribution is 0.102. The van der Waals surface area contributed by atoms with E-state index in [-0.39, 0.29) is 10.8 Å². The summed E-state index contributed by atoms with van der Waals surface area (Å²) in [5.41, 5.74) is 3.37. The van der Waals surface area contributed by atoms with E-state index in [9.17, 15) is 13.2 Å². The Morgan fingerprint density at radius 3 is 2.32 bits per heavy atom. The van der Waals surface area contributed by atoms with E-state index in [1.54, 1.807) is 71.6 Å². The van der Waals surface area contributed by atoms with Gasteiger partial charge < -0.3 is 5.32 Å². The summed E-state index contributed by atoms with van der Waals surface area (Å²) in [7, 11) is -3.69. The molecule has 158 valence electrons. The van der Waals surface area contributed by atoms with Crippen molar-refractivity contribution in [3.05, 3.63) is 77.9 Å². The fourth-order valence-electron chi connectivity index (χ4n) is 2.89. The molecule has 0 fully saturated rings.